The number of nitriles is 1. The van der Waals surface area contributed by atoms with E-state index in [1.165, 1.54) is 0 Å². The van der Waals surface area contributed by atoms with Gasteiger partial charge in [0, 0.05) is 17.3 Å². The second-order valence-electron chi connectivity index (χ2n) is 4.75. The van der Waals surface area contributed by atoms with E-state index >= 15 is 0 Å². The maximum atomic E-state index is 13.6. The number of amides is 1. The smallest absolute Gasteiger partial charge is 0.266 e. The zero-order valence-corrected chi connectivity index (χ0v) is 12.8. The van der Waals surface area contributed by atoms with Crippen molar-refractivity contribution >= 4 is 17.7 Å². The van der Waals surface area contributed by atoms with Gasteiger partial charge in [-0.3, -0.25) is 4.79 Å². The number of nitrogens with one attached hydrogen (secondary N) is 1. The number of nitrogens with zero attached hydrogens (tertiary/aromatic N) is 1. The van der Waals surface area contributed by atoms with Gasteiger partial charge in [0.05, 0.1) is 6.61 Å². The molecule has 0 radical (unpaired) electrons. The third-order valence-electron chi connectivity index (χ3n) is 3.05. The molecule has 6 heteroatoms. The molecular weight excluding hydrogens is 314 g/mol. The Hall–Kier alpha value is -3.20. The van der Waals surface area contributed by atoms with Crippen LogP contribution in [0.25, 0.3) is 6.08 Å². The average Bonchev–Trinajstić information content (AvgIpc) is 2.56. The molecule has 0 aromatic heterocycles. The van der Waals surface area contributed by atoms with Crippen molar-refractivity contribution in [1.82, 2.24) is 0 Å². The Morgan fingerprint density at radius 1 is 1.25 bits per heavy atom. The standard InChI is InChI=1S/C18H14F2N2O2/c1-2-24-16-7-5-15(6-8-16)22-18(23)13(11-21)9-12-3-4-14(19)10-17(12)20/h3-10H,2H2,1H3,(H,22,23)/b13-9+. The number of carbonyl (C=O) groups is 1. The van der Waals surface area contributed by atoms with Crippen LogP contribution in [0.3, 0.4) is 0 Å². The minimum atomic E-state index is -0.850. The minimum Gasteiger partial charge on any atom is -0.494 e. The Morgan fingerprint density at radius 3 is 2.54 bits per heavy atom. The summed E-state index contributed by atoms with van der Waals surface area (Å²) >= 11 is 0. The quantitative estimate of drug-likeness (QED) is 0.668. The molecule has 0 spiro atoms. The topological polar surface area (TPSA) is 62.1 Å². The predicted octanol–water partition coefficient (Wildman–Crippen LogP) is 3.91. The molecule has 0 saturated carbocycles. The number of halogens is 2. The largest absolute Gasteiger partial charge is 0.494 e. The molecule has 0 aliphatic carbocycles. The highest BCUT2D eigenvalue weighted by atomic mass is 19.1. The highest BCUT2D eigenvalue weighted by molar-refractivity contribution is 6.09. The minimum absolute atomic E-state index is 0.0465. The van der Waals surface area contributed by atoms with E-state index in [1.807, 2.05) is 6.92 Å². The second kappa shape index (κ2) is 7.88. The molecule has 2 aromatic rings. The molecule has 24 heavy (non-hydrogen) atoms. The van der Waals surface area contributed by atoms with Gasteiger partial charge in [-0.15, -0.1) is 0 Å². The van der Waals surface area contributed by atoms with E-state index < -0.39 is 17.5 Å². The molecule has 122 valence electrons. The fraction of sp³-hybridized carbons (Fsp3) is 0.111. The van der Waals surface area contributed by atoms with Crippen LogP contribution in [0, 0.1) is 23.0 Å². The Morgan fingerprint density at radius 2 is 1.96 bits per heavy atom. The molecule has 0 fully saturated rings. The molecule has 0 atom stereocenters. The summed E-state index contributed by atoms with van der Waals surface area (Å²) in [5.74, 6) is -1.62. The van der Waals surface area contributed by atoms with Gasteiger partial charge in [0.15, 0.2) is 0 Å². The van der Waals surface area contributed by atoms with Crippen LogP contribution in [0.15, 0.2) is 48.0 Å². The van der Waals surface area contributed by atoms with E-state index in [9.17, 15) is 13.6 Å². The van der Waals surface area contributed by atoms with Crippen molar-refractivity contribution in [2.45, 2.75) is 6.92 Å². The van der Waals surface area contributed by atoms with Gasteiger partial charge in [-0.05, 0) is 49.4 Å². The maximum absolute atomic E-state index is 13.6. The van der Waals surface area contributed by atoms with E-state index in [4.69, 9.17) is 10.00 Å². The summed E-state index contributed by atoms with van der Waals surface area (Å²) in [5.41, 5.74) is 0.119. The lowest BCUT2D eigenvalue weighted by molar-refractivity contribution is -0.112. The Balaban J connectivity index is 2.16. The summed E-state index contributed by atoms with van der Waals surface area (Å²) in [6.45, 7) is 2.38. The summed E-state index contributed by atoms with van der Waals surface area (Å²) < 4.78 is 31.8. The van der Waals surface area contributed by atoms with Crippen molar-refractivity contribution in [3.63, 3.8) is 0 Å². The van der Waals surface area contributed by atoms with Crippen LogP contribution in [0.5, 0.6) is 5.75 Å². The normalized spacial score (nSPS) is 10.8. The number of benzene rings is 2. The van der Waals surface area contributed by atoms with Crippen molar-refractivity contribution in [3.8, 4) is 11.8 Å². The van der Waals surface area contributed by atoms with Crippen LogP contribution >= 0.6 is 0 Å². The van der Waals surface area contributed by atoms with Crippen LogP contribution in [0.1, 0.15) is 12.5 Å². The fourth-order valence-corrected chi connectivity index (χ4v) is 1.92. The summed E-state index contributed by atoms with van der Waals surface area (Å²) in [6, 6.07) is 11.2. The summed E-state index contributed by atoms with van der Waals surface area (Å²) in [4.78, 5) is 12.1. The first-order valence-corrected chi connectivity index (χ1v) is 7.14. The summed E-state index contributed by atoms with van der Waals surface area (Å²) in [7, 11) is 0. The molecular formula is C18H14F2N2O2. The van der Waals surface area contributed by atoms with Crippen LogP contribution in [-0.2, 0) is 4.79 Å². The molecule has 2 rings (SSSR count). The zero-order valence-electron chi connectivity index (χ0n) is 12.8. The van der Waals surface area contributed by atoms with Gasteiger partial charge in [-0.1, -0.05) is 0 Å². The van der Waals surface area contributed by atoms with Gasteiger partial charge in [0.25, 0.3) is 5.91 Å². The van der Waals surface area contributed by atoms with E-state index in [0.717, 1.165) is 18.2 Å². The van der Waals surface area contributed by atoms with E-state index in [2.05, 4.69) is 5.32 Å². The van der Waals surface area contributed by atoms with Gasteiger partial charge in [-0.25, -0.2) is 8.78 Å². The first-order chi connectivity index (χ1) is 11.5. The number of hydrogen-bond donors (Lipinski definition) is 1. The first-order valence-electron chi connectivity index (χ1n) is 7.14. The number of rotatable bonds is 5. The molecule has 0 heterocycles. The Bertz CT molecular complexity index is 809. The number of ether oxygens (including phenoxy) is 1. The molecule has 0 unspecified atom stereocenters. The SMILES string of the molecule is CCOc1ccc(NC(=O)/C(C#N)=C/c2ccc(F)cc2F)cc1. The third-order valence-corrected chi connectivity index (χ3v) is 3.05. The molecule has 0 saturated heterocycles. The van der Waals surface area contributed by atoms with Crippen molar-refractivity contribution < 1.29 is 18.3 Å². The Labute approximate surface area is 138 Å². The van der Waals surface area contributed by atoms with Gasteiger partial charge in [-0.2, -0.15) is 5.26 Å². The van der Waals surface area contributed by atoms with Crippen molar-refractivity contribution in [3.05, 3.63) is 65.2 Å². The molecule has 0 aliphatic rings. The maximum Gasteiger partial charge on any atom is 0.266 e. The van der Waals surface area contributed by atoms with E-state index in [1.54, 1.807) is 30.3 Å². The van der Waals surface area contributed by atoms with Gasteiger partial charge in [0.2, 0.25) is 0 Å². The van der Waals surface area contributed by atoms with Crippen LogP contribution in [0.2, 0.25) is 0 Å². The predicted molar refractivity (Wildman–Crippen MR) is 86.2 cm³/mol. The lowest BCUT2D eigenvalue weighted by Gasteiger charge is -2.07. The fourth-order valence-electron chi connectivity index (χ4n) is 1.92. The second-order valence-corrected chi connectivity index (χ2v) is 4.75. The van der Waals surface area contributed by atoms with Crippen molar-refractivity contribution in [2.75, 3.05) is 11.9 Å². The van der Waals surface area contributed by atoms with E-state index in [-0.39, 0.29) is 11.1 Å². The molecule has 1 N–H and O–H groups in total. The monoisotopic (exact) mass is 328 g/mol. The van der Waals surface area contributed by atoms with Gasteiger partial charge >= 0.3 is 0 Å². The van der Waals surface area contributed by atoms with Crippen molar-refractivity contribution in [2.24, 2.45) is 0 Å². The first kappa shape index (κ1) is 17.2. The van der Waals surface area contributed by atoms with Gasteiger partial charge < -0.3 is 10.1 Å². The highest BCUT2D eigenvalue weighted by Crippen LogP contribution is 2.18. The Kier molecular flexibility index (Phi) is 5.63. The van der Waals surface area contributed by atoms with Crippen LogP contribution in [0.4, 0.5) is 14.5 Å². The lowest BCUT2D eigenvalue weighted by atomic mass is 10.1. The lowest BCUT2D eigenvalue weighted by Crippen LogP contribution is -2.13. The van der Waals surface area contributed by atoms with Crippen LogP contribution in [-0.4, -0.2) is 12.5 Å². The summed E-state index contributed by atoms with van der Waals surface area (Å²) in [5, 5.41) is 11.6. The number of carbonyl (C=O) groups excluding carboxylic acids is 1. The number of anilines is 1. The third kappa shape index (κ3) is 4.40. The number of hydrogen-bond acceptors (Lipinski definition) is 3. The van der Waals surface area contributed by atoms with E-state index in [0.29, 0.717) is 24.1 Å². The molecule has 0 bridgehead atoms. The van der Waals surface area contributed by atoms with Crippen LogP contribution < -0.4 is 10.1 Å². The summed E-state index contributed by atoms with van der Waals surface area (Å²) in [6.07, 6.45) is 1.07. The average molecular weight is 328 g/mol. The van der Waals surface area contributed by atoms with Gasteiger partial charge in [0.1, 0.15) is 29.0 Å². The highest BCUT2D eigenvalue weighted by Gasteiger charge is 2.11. The van der Waals surface area contributed by atoms with Crippen molar-refractivity contribution in [1.29, 1.82) is 5.26 Å². The molecule has 1 amide bonds. The molecule has 2 aromatic carbocycles. The zero-order chi connectivity index (χ0) is 17.5. The molecule has 4 nitrogen and oxygen atoms in total. The molecule has 0 aliphatic heterocycles.